The molecule has 29 heavy (non-hydrogen) atoms. The van der Waals surface area contributed by atoms with E-state index in [-0.39, 0.29) is 0 Å². The lowest BCUT2D eigenvalue weighted by atomic mass is 10.3. The molecular weight excluding hydrogens is 494 g/mol. The van der Waals surface area contributed by atoms with Crippen molar-refractivity contribution in [2.24, 2.45) is 0 Å². The maximum atomic E-state index is 5.08. The second-order valence-corrected chi connectivity index (χ2v) is 8.68. The molecule has 2 aromatic carbocycles. The van der Waals surface area contributed by atoms with E-state index in [0.29, 0.717) is 0 Å². The van der Waals surface area contributed by atoms with Crippen LogP contribution in [0, 0.1) is 0 Å². The van der Waals surface area contributed by atoms with Crippen molar-refractivity contribution in [2.45, 2.75) is 46.7 Å². The van der Waals surface area contributed by atoms with E-state index < -0.39 is 0 Å². The molecule has 2 aromatic heterocycles. The van der Waals surface area contributed by atoms with Crippen molar-refractivity contribution in [2.75, 3.05) is 11.4 Å². The summed E-state index contributed by atoms with van der Waals surface area (Å²) >= 11 is 7.33. The van der Waals surface area contributed by atoms with Crippen molar-refractivity contribution >= 4 is 65.8 Å². The van der Waals surface area contributed by atoms with Crippen molar-refractivity contribution in [1.82, 2.24) is 19.1 Å². The highest BCUT2D eigenvalue weighted by atomic mass is 79.9. The first-order valence-electron chi connectivity index (χ1n) is 10.2. The molecule has 5 nitrogen and oxygen atoms in total. The van der Waals surface area contributed by atoms with E-state index in [4.69, 9.17) is 9.97 Å². The van der Waals surface area contributed by atoms with E-state index in [2.05, 4.69) is 97.0 Å². The zero-order chi connectivity index (χ0) is 20.5. The molecule has 0 aliphatic rings. The molecular formula is C22H25Br2N5. The van der Waals surface area contributed by atoms with Gasteiger partial charge in [-0.1, -0.05) is 25.5 Å². The number of hydrogen-bond acceptors (Lipinski definition) is 3. The number of nitrogens with zero attached hydrogens (tertiary/aromatic N) is 5. The Morgan fingerprint density at radius 1 is 0.862 bits per heavy atom. The van der Waals surface area contributed by atoms with E-state index in [1.165, 1.54) is 0 Å². The molecule has 0 amide bonds. The van der Waals surface area contributed by atoms with Crippen LogP contribution in [0.25, 0.3) is 22.1 Å². The minimum atomic E-state index is 0.842. The van der Waals surface area contributed by atoms with Gasteiger partial charge in [0.2, 0.25) is 11.9 Å². The quantitative estimate of drug-likeness (QED) is 0.267. The summed E-state index contributed by atoms with van der Waals surface area (Å²) in [5, 5.41) is 0. The van der Waals surface area contributed by atoms with Crippen LogP contribution in [0.3, 0.4) is 0 Å². The average molecular weight is 519 g/mol. The summed E-state index contributed by atoms with van der Waals surface area (Å²) in [6, 6.07) is 12.5. The van der Waals surface area contributed by atoms with Crippen molar-refractivity contribution < 1.29 is 0 Å². The van der Waals surface area contributed by atoms with Crippen LogP contribution in [0.1, 0.15) is 33.6 Å². The SMILES string of the molecule is CCCCN(c1nc2ccccc2n1CC)c1nc2c(Br)c(Br)ccc2n1CC. The highest BCUT2D eigenvalue weighted by Gasteiger charge is 2.24. The van der Waals surface area contributed by atoms with Gasteiger partial charge in [-0.3, -0.25) is 4.90 Å². The van der Waals surface area contributed by atoms with Crippen LogP contribution in [0.4, 0.5) is 11.9 Å². The number of aryl methyl sites for hydroxylation is 2. The topological polar surface area (TPSA) is 38.9 Å². The summed E-state index contributed by atoms with van der Waals surface area (Å²) in [6.07, 6.45) is 2.19. The standard InChI is InChI=1S/C22H25Br2N5/c1-4-7-14-29(21-25-16-10-8-9-11-17(16)27(21)5-2)22-26-20-18(28(22)6-3)13-12-15(23)19(20)24/h8-13H,4-7,14H2,1-3H3. The number of hydrogen-bond donors (Lipinski definition) is 0. The van der Waals surface area contributed by atoms with Crippen LogP contribution in [-0.4, -0.2) is 25.6 Å². The third kappa shape index (κ3) is 3.48. The molecule has 0 unspecified atom stereocenters. The molecule has 0 saturated heterocycles. The van der Waals surface area contributed by atoms with E-state index in [1.807, 2.05) is 6.07 Å². The largest absolute Gasteiger partial charge is 0.310 e. The highest BCUT2D eigenvalue weighted by molar-refractivity contribution is 9.13. The summed E-state index contributed by atoms with van der Waals surface area (Å²) in [7, 11) is 0. The third-order valence-corrected chi connectivity index (χ3v) is 7.27. The molecule has 0 fully saturated rings. The Morgan fingerprint density at radius 2 is 1.55 bits per heavy atom. The molecule has 0 aliphatic heterocycles. The van der Waals surface area contributed by atoms with Crippen LogP contribution in [-0.2, 0) is 13.1 Å². The second-order valence-electron chi connectivity index (χ2n) is 7.04. The number of unbranched alkanes of at least 4 members (excludes halogenated alkanes) is 1. The first-order valence-corrected chi connectivity index (χ1v) is 11.8. The Balaban J connectivity index is 1.97. The Hall–Kier alpha value is -1.86. The van der Waals surface area contributed by atoms with E-state index in [9.17, 15) is 0 Å². The van der Waals surface area contributed by atoms with Gasteiger partial charge < -0.3 is 9.13 Å². The van der Waals surface area contributed by atoms with Crippen molar-refractivity contribution in [3.63, 3.8) is 0 Å². The minimum Gasteiger partial charge on any atom is -0.310 e. The van der Waals surface area contributed by atoms with Crippen molar-refractivity contribution in [3.05, 3.63) is 45.3 Å². The number of anilines is 2. The normalized spacial score (nSPS) is 11.6. The van der Waals surface area contributed by atoms with Gasteiger partial charge in [0.25, 0.3) is 0 Å². The molecule has 2 heterocycles. The monoisotopic (exact) mass is 517 g/mol. The van der Waals surface area contributed by atoms with Crippen LogP contribution >= 0.6 is 31.9 Å². The Kier molecular flexibility index (Phi) is 5.97. The lowest BCUT2D eigenvalue weighted by Gasteiger charge is -2.24. The Labute approximate surface area is 188 Å². The van der Waals surface area contributed by atoms with E-state index in [1.54, 1.807) is 0 Å². The number of rotatable bonds is 7. The summed E-state index contributed by atoms with van der Waals surface area (Å²) in [4.78, 5) is 12.4. The van der Waals surface area contributed by atoms with Crippen LogP contribution in [0.5, 0.6) is 0 Å². The maximum absolute atomic E-state index is 5.08. The summed E-state index contributed by atoms with van der Waals surface area (Å²) in [5.74, 6) is 1.90. The molecule has 0 spiro atoms. The van der Waals surface area contributed by atoms with Gasteiger partial charge >= 0.3 is 0 Å². The molecule has 4 aromatic rings. The second kappa shape index (κ2) is 8.48. The number of para-hydroxylation sites is 2. The van der Waals surface area contributed by atoms with Gasteiger partial charge in [-0.25, -0.2) is 9.97 Å². The van der Waals surface area contributed by atoms with Gasteiger partial charge in [0.15, 0.2) is 0 Å². The number of benzene rings is 2. The molecule has 0 radical (unpaired) electrons. The van der Waals surface area contributed by atoms with Gasteiger partial charge in [-0.15, -0.1) is 0 Å². The number of aromatic nitrogens is 4. The Morgan fingerprint density at radius 3 is 2.28 bits per heavy atom. The zero-order valence-corrected chi connectivity index (χ0v) is 20.2. The van der Waals surface area contributed by atoms with Crippen LogP contribution in [0.2, 0.25) is 0 Å². The van der Waals surface area contributed by atoms with Crippen molar-refractivity contribution in [1.29, 1.82) is 0 Å². The molecule has 0 N–H and O–H groups in total. The molecule has 0 saturated carbocycles. The smallest absolute Gasteiger partial charge is 0.213 e. The lowest BCUT2D eigenvalue weighted by molar-refractivity contribution is 0.688. The van der Waals surface area contributed by atoms with E-state index >= 15 is 0 Å². The van der Waals surface area contributed by atoms with Gasteiger partial charge in [-0.2, -0.15) is 0 Å². The minimum absolute atomic E-state index is 0.842. The molecule has 0 bridgehead atoms. The number of halogens is 2. The average Bonchev–Trinajstić information content (AvgIpc) is 3.29. The maximum Gasteiger partial charge on any atom is 0.213 e. The summed E-state index contributed by atoms with van der Waals surface area (Å²) in [5.41, 5.74) is 4.28. The molecule has 7 heteroatoms. The summed E-state index contributed by atoms with van der Waals surface area (Å²) < 4.78 is 6.57. The number of fused-ring (bicyclic) bond motifs is 2. The first kappa shape index (κ1) is 20.4. The van der Waals surface area contributed by atoms with Crippen molar-refractivity contribution in [3.8, 4) is 0 Å². The predicted molar refractivity (Wildman–Crippen MR) is 128 cm³/mol. The van der Waals surface area contributed by atoms with Gasteiger partial charge in [0, 0.05) is 24.1 Å². The molecule has 4 rings (SSSR count). The van der Waals surface area contributed by atoms with Gasteiger partial charge in [0.05, 0.1) is 21.0 Å². The van der Waals surface area contributed by atoms with Crippen LogP contribution < -0.4 is 4.90 Å². The van der Waals surface area contributed by atoms with E-state index in [0.717, 1.165) is 75.4 Å². The Bertz CT molecular complexity index is 1160. The highest BCUT2D eigenvalue weighted by Crippen LogP contribution is 2.36. The molecule has 152 valence electrons. The molecule has 0 atom stereocenters. The van der Waals surface area contributed by atoms with Crippen LogP contribution in [0.15, 0.2) is 45.3 Å². The third-order valence-electron chi connectivity index (χ3n) is 5.28. The number of imidazole rings is 2. The predicted octanol–water partition coefficient (Wildman–Crippen LogP) is 6.89. The zero-order valence-electron chi connectivity index (χ0n) is 17.0. The lowest BCUT2D eigenvalue weighted by Crippen LogP contribution is -2.25. The first-order chi connectivity index (χ1) is 14.1. The van der Waals surface area contributed by atoms with Gasteiger partial charge in [-0.05, 0) is 76.4 Å². The fourth-order valence-electron chi connectivity index (χ4n) is 3.83. The fraction of sp³-hybridized carbons (Fsp3) is 0.364. The fourth-order valence-corrected chi connectivity index (χ4v) is 4.57. The summed E-state index contributed by atoms with van der Waals surface area (Å²) in [6.45, 7) is 9.14. The molecule has 0 aliphatic carbocycles. The van der Waals surface area contributed by atoms with Gasteiger partial charge in [0.1, 0.15) is 5.52 Å².